The van der Waals surface area contributed by atoms with Gasteiger partial charge in [-0.1, -0.05) is 49.1 Å². The fraction of sp³-hybridized carbons (Fsp3) is 0.133. The number of rotatable bonds is 6. The van der Waals surface area contributed by atoms with Crippen LogP contribution in [0.3, 0.4) is 0 Å². The van der Waals surface area contributed by atoms with E-state index in [2.05, 4.69) is 6.58 Å². The second-order valence-electron chi connectivity index (χ2n) is 3.55. The lowest BCUT2D eigenvalue weighted by atomic mass is 10.2. The van der Waals surface area contributed by atoms with Gasteiger partial charge in [0.15, 0.2) is 0 Å². The summed E-state index contributed by atoms with van der Waals surface area (Å²) >= 11 is 0. The SMILES string of the molecule is C=C/C=C(\C=C/C)N(C=O)Cc1ccccc1. The topological polar surface area (TPSA) is 20.3 Å². The molecule has 1 amide bonds. The number of hydrogen-bond acceptors (Lipinski definition) is 1. The monoisotopic (exact) mass is 227 g/mol. The quantitative estimate of drug-likeness (QED) is 0.539. The van der Waals surface area contributed by atoms with E-state index >= 15 is 0 Å². The first-order valence-corrected chi connectivity index (χ1v) is 5.53. The Labute approximate surface area is 103 Å². The van der Waals surface area contributed by atoms with Crippen LogP contribution in [0.15, 0.2) is 66.9 Å². The van der Waals surface area contributed by atoms with Gasteiger partial charge in [-0.2, -0.15) is 0 Å². The lowest BCUT2D eigenvalue weighted by Gasteiger charge is -2.18. The summed E-state index contributed by atoms with van der Waals surface area (Å²) in [5.41, 5.74) is 1.93. The summed E-state index contributed by atoms with van der Waals surface area (Å²) in [6.07, 6.45) is 8.12. The highest BCUT2D eigenvalue weighted by Gasteiger charge is 2.05. The van der Waals surface area contributed by atoms with Crippen molar-refractivity contribution >= 4 is 6.41 Å². The van der Waals surface area contributed by atoms with Gasteiger partial charge in [-0.05, 0) is 24.6 Å². The Morgan fingerprint density at radius 3 is 2.59 bits per heavy atom. The average molecular weight is 227 g/mol. The summed E-state index contributed by atoms with van der Waals surface area (Å²) in [6, 6.07) is 9.88. The van der Waals surface area contributed by atoms with Crippen molar-refractivity contribution in [1.82, 2.24) is 4.90 Å². The third kappa shape index (κ3) is 4.11. The molecule has 1 rings (SSSR count). The van der Waals surface area contributed by atoms with Gasteiger partial charge in [0.05, 0.1) is 6.54 Å². The lowest BCUT2D eigenvalue weighted by molar-refractivity contribution is -0.116. The molecule has 0 fully saturated rings. The van der Waals surface area contributed by atoms with E-state index in [9.17, 15) is 4.79 Å². The molecule has 2 nitrogen and oxygen atoms in total. The molecule has 0 bridgehead atoms. The molecule has 0 heterocycles. The minimum Gasteiger partial charge on any atom is -0.311 e. The predicted octanol–water partition coefficient (Wildman–Crippen LogP) is 3.29. The molecule has 1 aromatic carbocycles. The zero-order valence-corrected chi connectivity index (χ0v) is 10.0. The van der Waals surface area contributed by atoms with Gasteiger partial charge in [-0.3, -0.25) is 4.79 Å². The number of benzene rings is 1. The Morgan fingerprint density at radius 2 is 2.06 bits per heavy atom. The summed E-state index contributed by atoms with van der Waals surface area (Å²) in [5.74, 6) is 0. The maximum absolute atomic E-state index is 11.1. The minimum atomic E-state index is 0.564. The van der Waals surface area contributed by atoms with Crippen molar-refractivity contribution in [3.8, 4) is 0 Å². The molecule has 1 aromatic rings. The van der Waals surface area contributed by atoms with Crippen molar-refractivity contribution in [2.45, 2.75) is 13.5 Å². The van der Waals surface area contributed by atoms with Crippen LogP contribution in [0.5, 0.6) is 0 Å². The summed E-state index contributed by atoms with van der Waals surface area (Å²) in [4.78, 5) is 12.8. The van der Waals surface area contributed by atoms with Gasteiger partial charge in [0, 0.05) is 5.70 Å². The van der Waals surface area contributed by atoms with Crippen molar-refractivity contribution < 1.29 is 4.79 Å². The van der Waals surface area contributed by atoms with E-state index in [-0.39, 0.29) is 0 Å². The molecule has 0 saturated carbocycles. The number of allylic oxidation sites excluding steroid dienone is 4. The zero-order chi connectivity index (χ0) is 12.5. The Hall–Kier alpha value is -2.09. The fourth-order valence-corrected chi connectivity index (χ4v) is 1.51. The van der Waals surface area contributed by atoms with E-state index in [0.29, 0.717) is 6.54 Å². The highest BCUT2D eigenvalue weighted by Crippen LogP contribution is 2.10. The predicted molar refractivity (Wildman–Crippen MR) is 71.1 cm³/mol. The van der Waals surface area contributed by atoms with Gasteiger partial charge < -0.3 is 4.90 Å². The number of carbonyl (C=O) groups is 1. The van der Waals surface area contributed by atoms with Crippen LogP contribution in [-0.2, 0) is 11.3 Å². The Balaban J connectivity index is 2.87. The van der Waals surface area contributed by atoms with Crippen LogP contribution < -0.4 is 0 Å². The summed E-state index contributed by atoms with van der Waals surface area (Å²) in [7, 11) is 0. The van der Waals surface area contributed by atoms with Crippen LogP contribution in [0.4, 0.5) is 0 Å². The van der Waals surface area contributed by atoms with Crippen LogP contribution in [0.2, 0.25) is 0 Å². The second kappa shape index (κ2) is 7.23. The molecule has 0 saturated heterocycles. The molecule has 0 N–H and O–H groups in total. The standard InChI is InChI=1S/C15H17NO/c1-3-8-15(9-4-2)16(13-17)12-14-10-6-5-7-11-14/h3-11,13H,1,12H2,2H3/b9-4-,15-8+. The molecule has 0 aromatic heterocycles. The molecule has 0 spiro atoms. The Bertz CT molecular complexity index is 418. The number of carbonyl (C=O) groups excluding carboxylic acids is 1. The van der Waals surface area contributed by atoms with E-state index in [1.54, 1.807) is 11.0 Å². The van der Waals surface area contributed by atoms with Gasteiger partial charge in [-0.25, -0.2) is 0 Å². The van der Waals surface area contributed by atoms with Gasteiger partial charge >= 0.3 is 0 Å². The summed E-state index contributed by atoms with van der Waals surface area (Å²) < 4.78 is 0. The molecule has 2 heteroatoms. The minimum absolute atomic E-state index is 0.564. The summed E-state index contributed by atoms with van der Waals surface area (Å²) in [5, 5.41) is 0. The Morgan fingerprint density at radius 1 is 1.35 bits per heavy atom. The highest BCUT2D eigenvalue weighted by atomic mass is 16.1. The lowest BCUT2D eigenvalue weighted by Crippen LogP contribution is -2.19. The van der Waals surface area contributed by atoms with Gasteiger partial charge in [-0.15, -0.1) is 0 Å². The largest absolute Gasteiger partial charge is 0.311 e. The molecule has 0 aliphatic heterocycles. The van der Waals surface area contributed by atoms with E-state index in [1.807, 2.05) is 55.5 Å². The number of hydrogen-bond donors (Lipinski definition) is 0. The highest BCUT2D eigenvalue weighted by molar-refractivity contribution is 5.53. The molecule has 0 radical (unpaired) electrons. The van der Waals surface area contributed by atoms with E-state index in [1.165, 1.54) is 0 Å². The van der Waals surface area contributed by atoms with Crippen LogP contribution in [-0.4, -0.2) is 11.3 Å². The average Bonchev–Trinajstić information content (AvgIpc) is 2.37. The van der Waals surface area contributed by atoms with Crippen LogP contribution in [0, 0.1) is 0 Å². The Kier molecular flexibility index (Phi) is 5.52. The number of nitrogens with zero attached hydrogens (tertiary/aromatic N) is 1. The second-order valence-corrected chi connectivity index (χ2v) is 3.55. The molecule has 88 valence electrons. The first kappa shape index (κ1) is 13.0. The summed E-state index contributed by atoms with van der Waals surface area (Å²) in [6.45, 7) is 6.14. The first-order valence-electron chi connectivity index (χ1n) is 5.53. The smallest absolute Gasteiger partial charge is 0.214 e. The van der Waals surface area contributed by atoms with Crippen molar-refractivity contribution in [3.05, 3.63) is 72.5 Å². The van der Waals surface area contributed by atoms with E-state index in [0.717, 1.165) is 17.7 Å². The molecule has 0 atom stereocenters. The van der Waals surface area contributed by atoms with Crippen molar-refractivity contribution in [3.63, 3.8) is 0 Å². The van der Waals surface area contributed by atoms with Crippen molar-refractivity contribution in [1.29, 1.82) is 0 Å². The van der Waals surface area contributed by atoms with E-state index in [4.69, 9.17) is 0 Å². The van der Waals surface area contributed by atoms with Crippen molar-refractivity contribution in [2.75, 3.05) is 0 Å². The third-order valence-corrected chi connectivity index (χ3v) is 2.28. The van der Waals surface area contributed by atoms with Crippen molar-refractivity contribution in [2.24, 2.45) is 0 Å². The van der Waals surface area contributed by atoms with Crippen LogP contribution in [0.25, 0.3) is 0 Å². The molecular weight excluding hydrogens is 210 g/mol. The van der Waals surface area contributed by atoms with E-state index < -0.39 is 0 Å². The maximum atomic E-state index is 11.1. The molecule has 0 aliphatic carbocycles. The van der Waals surface area contributed by atoms with Gasteiger partial charge in [0.25, 0.3) is 0 Å². The van der Waals surface area contributed by atoms with Crippen LogP contribution in [0.1, 0.15) is 12.5 Å². The zero-order valence-electron chi connectivity index (χ0n) is 10.0. The maximum Gasteiger partial charge on any atom is 0.214 e. The third-order valence-electron chi connectivity index (χ3n) is 2.28. The van der Waals surface area contributed by atoms with Gasteiger partial charge in [0.1, 0.15) is 0 Å². The first-order chi connectivity index (χ1) is 8.31. The normalized spacial score (nSPS) is 11.5. The molecule has 17 heavy (non-hydrogen) atoms. The number of amides is 1. The fourth-order valence-electron chi connectivity index (χ4n) is 1.51. The van der Waals surface area contributed by atoms with Crippen LogP contribution >= 0.6 is 0 Å². The van der Waals surface area contributed by atoms with Gasteiger partial charge in [0.2, 0.25) is 6.41 Å². The molecule has 0 unspecified atom stereocenters. The molecule has 0 aliphatic rings. The molecular formula is C15H17NO.